The number of carbonyl (C=O) groups is 1. The lowest BCUT2D eigenvalue weighted by Gasteiger charge is -2.15. The van der Waals surface area contributed by atoms with E-state index in [0.29, 0.717) is 22.8 Å². The van der Waals surface area contributed by atoms with Gasteiger partial charge in [-0.2, -0.15) is 0 Å². The van der Waals surface area contributed by atoms with Crippen LogP contribution < -0.4 is 9.47 Å². The number of imidazole rings is 1. The van der Waals surface area contributed by atoms with Gasteiger partial charge in [-0.05, 0) is 56.0 Å². The number of ether oxygens (including phenoxy) is 2. The molecule has 0 spiro atoms. The van der Waals surface area contributed by atoms with E-state index in [-0.39, 0.29) is 12.6 Å². The molecule has 2 heterocycles. The summed E-state index contributed by atoms with van der Waals surface area (Å²) in [5, 5.41) is 0.896. The molecular formula is C22H20N2O3S. The van der Waals surface area contributed by atoms with Gasteiger partial charge in [0.05, 0.1) is 11.4 Å². The number of nitrogens with zero attached hydrogens (tertiary/aromatic N) is 2. The third-order valence-corrected chi connectivity index (χ3v) is 6.08. The highest BCUT2D eigenvalue weighted by atomic mass is 32.2. The number of Topliss-reactive ketones (excluding diaryl/α,β-unsaturated/α-hetero) is 1. The Morgan fingerprint density at radius 1 is 1.04 bits per heavy atom. The first-order chi connectivity index (χ1) is 13.8. The largest absolute Gasteiger partial charge is 0.454 e. The standard InChI is InChI=1S/C22H20N2O3S/c25-19(15-10-11-20-21(12-15)27-14-26-20)13-28-22-23-17-8-4-5-9-18(17)24(22)16-6-2-1-3-7-16/h1-3,6-7,10-12H,4-5,8-9,13-14H2. The maximum absolute atomic E-state index is 12.8. The number of ketones is 1. The van der Waals surface area contributed by atoms with Gasteiger partial charge in [-0.15, -0.1) is 0 Å². The first kappa shape index (κ1) is 17.4. The molecule has 2 aliphatic rings. The van der Waals surface area contributed by atoms with E-state index < -0.39 is 0 Å². The van der Waals surface area contributed by atoms with Gasteiger partial charge in [0.2, 0.25) is 6.79 Å². The highest BCUT2D eigenvalue weighted by Gasteiger charge is 2.22. The molecule has 6 heteroatoms. The van der Waals surface area contributed by atoms with Crippen molar-refractivity contribution in [1.29, 1.82) is 0 Å². The summed E-state index contributed by atoms with van der Waals surface area (Å²) in [5.41, 5.74) is 4.21. The van der Waals surface area contributed by atoms with Crippen molar-refractivity contribution in [2.75, 3.05) is 12.5 Å². The smallest absolute Gasteiger partial charge is 0.231 e. The van der Waals surface area contributed by atoms with Crippen LogP contribution in [0.15, 0.2) is 53.7 Å². The minimum atomic E-state index is 0.0592. The molecule has 0 saturated carbocycles. The van der Waals surface area contributed by atoms with E-state index in [1.165, 1.54) is 36.0 Å². The number of fused-ring (bicyclic) bond motifs is 2. The summed E-state index contributed by atoms with van der Waals surface area (Å²) in [6.45, 7) is 0.210. The summed E-state index contributed by atoms with van der Waals surface area (Å²) in [5.74, 6) is 1.72. The van der Waals surface area contributed by atoms with E-state index in [1.807, 2.05) is 18.2 Å². The van der Waals surface area contributed by atoms with Crippen LogP contribution in [0.2, 0.25) is 0 Å². The average molecular weight is 392 g/mol. The second-order valence-corrected chi connectivity index (χ2v) is 7.89. The van der Waals surface area contributed by atoms with E-state index in [1.54, 1.807) is 18.2 Å². The van der Waals surface area contributed by atoms with Gasteiger partial charge in [-0.1, -0.05) is 30.0 Å². The summed E-state index contributed by atoms with van der Waals surface area (Å²) in [4.78, 5) is 17.6. The molecule has 1 aromatic heterocycles. The van der Waals surface area contributed by atoms with Crippen LogP contribution in [0.25, 0.3) is 5.69 Å². The Morgan fingerprint density at radius 3 is 2.75 bits per heavy atom. The number of hydrogen-bond donors (Lipinski definition) is 0. The molecule has 0 amide bonds. The fourth-order valence-corrected chi connectivity index (χ4v) is 4.69. The van der Waals surface area contributed by atoms with Gasteiger partial charge in [-0.3, -0.25) is 9.36 Å². The number of aryl methyl sites for hydroxylation is 1. The molecule has 2 aromatic carbocycles. The van der Waals surface area contributed by atoms with E-state index in [9.17, 15) is 4.79 Å². The summed E-state index contributed by atoms with van der Waals surface area (Å²) < 4.78 is 12.9. The van der Waals surface area contributed by atoms with Crippen molar-refractivity contribution >= 4 is 17.5 Å². The zero-order chi connectivity index (χ0) is 18.9. The zero-order valence-corrected chi connectivity index (χ0v) is 16.2. The van der Waals surface area contributed by atoms with Crippen molar-refractivity contribution in [1.82, 2.24) is 9.55 Å². The predicted octanol–water partition coefficient (Wildman–Crippen LogP) is 4.45. The molecule has 0 radical (unpaired) electrons. The Morgan fingerprint density at radius 2 is 1.86 bits per heavy atom. The monoisotopic (exact) mass is 392 g/mol. The van der Waals surface area contributed by atoms with Crippen LogP contribution in [-0.4, -0.2) is 27.9 Å². The number of carbonyl (C=O) groups excluding carboxylic acids is 1. The van der Waals surface area contributed by atoms with Gasteiger partial charge in [0, 0.05) is 16.9 Å². The Labute approximate surface area is 167 Å². The number of benzene rings is 2. The number of thioether (sulfide) groups is 1. The van der Waals surface area contributed by atoms with E-state index in [2.05, 4.69) is 16.7 Å². The van der Waals surface area contributed by atoms with Crippen molar-refractivity contribution in [3.8, 4) is 17.2 Å². The molecule has 28 heavy (non-hydrogen) atoms. The third-order valence-electron chi connectivity index (χ3n) is 5.14. The summed E-state index contributed by atoms with van der Waals surface area (Å²) in [7, 11) is 0. The van der Waals surface area contributed by atoms with Gasteiger partial charge in [0.15, 0.2) is 22.4 Å². The third kappa shape index (κ3) is 3.18. The molecule has 0 unspecified atom stereocenters. The lowest BCUT2D eigenvalue weighted by atomic mass is 10.0. The van der Waals surface area contributed by atoms with Crippen molar-refractivity contribution in [2.24, 2.45) is 0 Å². The number of para-hydroxylation sites is 1. The maximum atomic E-state index is 12.8. The van der Waals surface area contributed by atoms with E-state index in [0.717, 1.165) is 23.7 Å². The molecule has 0 bridgehead atoms. The fraction of sp³-hybridized carbons (Fsp3) is 0.273. The molecule has 1 aliphatic heterocycles. The fourth-order valence-electron chi connectivity index (χ4n) is 3.74. The highest BCUT2D eigenvalue weighted by Crippen LogP contribution is 2.34. The van der Waals surface area contributed by atoms with Crippen molar-refractivity contribution in [2.45, 2.75) is 30.8 Å². The molecule has 1 aliphatic carbocycles. The number of aromatic nitrogens is 2. The molecule has 0 N–H and O–H groups in total. The van der Waals surface area contributed by atoms with Crippen LogP contribution in [0.3, 0.4) is 0 Å². The van der Waals surface area contributed by atoms with Crippen LogP contribution in [-0.2, 0) is 12.8 Å². The quantitative estimate of drug-likeness (QED) is 0.474. The Hall–Kier alpha value is -2.73. The maximum Gasteiger partial charge on any atom is 0.231 e. The summed E-state index contributed by atoms with van der Waals surface area (Å²) >= 11 is 1.50. The SMILES string of the molecule is O=C(CSc1nc2c(n1-c1ccccc1)CCCC2)c1ccc2c(c1)OCO2. The molecule has 3 aromatic rings. The van der Waals surface area contributed by atoms with E-state index in [4.69, 9.17) is 14.5 Å². The van der Waals surface area contributed by atoms with Crippen LogP contribution in [0.4, 0.5) is 0 Å². The molecule has 0 fully saturated rings. The first-order valence-electron chi connectivity index (χ1n) is 9.51. The Bertz CT molecular complexity index is 1030. The van der Waals surface area contributed by atoms with Crippen molar-refractivity contribution in [3.63, 3.8) is 0 Å². The van der Waals surface area contributed by atoms with Crippen LogP contribution in [0, 0.1) is 0 Å². The predicted molar refractivity (Wildman–Crippen MR) is 108 cm³/mol. The second-order valence-electron chi connectivity index (χ2n) is 6.95. The number of rotatable bonds is 5. The Balaban J connectivity index is 1.41. The topological polar surface area (TPSA) is 53.4 Å². The summed E-state index contributed by atoms with van der Waals surface area (Å²) in [6.07, 6.45) is 4.41. The van der Waals surface area contributed by atoms with Gasteiger partial charge < -0.3 is 9.47 Å². The normalized spacial score (nSPS) is 14.7. The second kappa shape index (κ2) is 7.36. The van der Waals surface area contributed by atoms with Gasteiger partial charge in [-0.25, -0.2) is 4.98 Å². The van der Waals surface area contributed by atoms with Crippen molar-refractivity contribution < 1.29 is 14.3 Å². The lowest BCUT2D eigenvalue weighted by Crippen LogP contribution is -2.08. The van der Waals surface area contributed by atoms with Crippen LogP contribution >= 0.6 is 11.8 Å². The van der Waals surface area contributed by atoms with Crippen molar-refractivity contribution in [3.05, 3.63) is 65.5 Å². The first-order valence-corrected chi connectivity index (χ1v) is 10.5. The number of hydrogen-bond acceptors (Lipinski definition) is 5. The molecule has 5 rings (SSSR count). The zero-order valence-electron chi connectivity index (χ0n) is 15.4. The van der Waals surface area contributed by atoms with Crippen LogP contribution in [0.5, 0.6) is 11.5 Å². The average Bonchev–Trinajstić information content (AvgIpc) is 3.36. The molecular weight excluding hydrogens is 372 g/mol. The van der Waals surface area contributed by atoms with Crippen LogP contribution in [0.1, 0.15) is 34.6 Å². The summed E-state index contributed by atoms with van der Waals surface area (Å²) in [6, 6.07) is 15.6. The van der Waals surface area contributed by atoms with Gasteiger partial charge in [0.1, 0.15) is 0 Å². The van der Waals surface area contributed by atoms with Gasteiger partial charge >= 0.3 is 0 Å². The molecule has 5 nitrogen and oxygen atoms in total. The lowest BCUT2D eigenvalue weighted by molar-refractivity contribution is 0.102. The Kier molecular flexibility index (Phi) is 4.56. The molecule has 0 atom stereocenters. The highest BCUT2D eigenvalue weighted by molar-refractivity contribution is 7.99. The molecule has 142 valence electrons. The van der Waals surface area contributed by atoms with Gasteiger partial charge in [0.25, 0.3) is 0 Å². The minimum Gasteiger partial charge on any atom is -0.454 e. The minimum absolute atomic E-state index is 0.0592. The molecule has 0 saturated heterocycles. The van der Waals surface area contributed by atoms with E-state index >= 15 is 0 Å².